The fraction of sp³-hybridized carbons (Fsp3) is 0.200. The number of nitrogens with zero attached hydrogens (tertiary/aromatic N) is 2. The molecule has 0 aliphatic rings. The van der Waals surface area contributed by atoms with Gasteiger partial charge in [0.1, 0.15) is 12.1 Å². The van der Waals surface area contributed by atoms with Crippen LogP contribution >= 0.6 is 23.4 Å². The van der Waals surface area contributed by atoms with Crippen LogP contribution in [-0.4, -0.2) is 17.0 Å². The van der Waals surface area contributed by atoms with Crippen LogP contribution in [0.25, 0.3) is 0 Å². The third-order valence-electron chi connectivity index (χ3n) is 1.92. The monoisotopic (exact) mass is 255 g/mol. The maximum Gasteiger partial charge on any atom is 0.255 e. The third kappa shape index (κ3) is 2.68. The minimum atomic E-state index is 0.618. The minimum absolute atomic E-state index is 0.618. The highest BCUT2D eigenvalue weighted by Gasteiger charge is 2.06. The molecule has 84 valence electrons. The second kappa shape index (κ2) is 5.23. The molecule has 1 N–H and O–H groups in total. The Morgan fingerprint density at radius 1 is 1.50 bits per heavy atom. The topological polar surface area (TPSA) is 51.0 Å². The number of thioether (sulfide) groups is 1. The molecule has 0 saturated carbocycles. The number of rotatable bonds is 4. The van der Waals surface area contributed by atoms with Gasteiger partial charge in [0.25, 0.3) is 5.22 Å². The highest BCUT2D eigenvalue weighted by Crippen LogP contribution is 2.25. The molecule has 0 aliphatic carbocycles. The number of pyridine rings is 1. The van der Waals surface area contributed by atoms with Gasteiger partial charge >= 0.3 is 0 Å². The summed E-state index contributed by atoms with van der Waals surface area (Å²) in [6, 6.07) is 3.66. The molecule has 0 amide bonds. The van der Waals surface area contributed by atoms with E-state index in [4.69, 9.17) is 16.0 Å². The van der Waals surface area contributed by atoms with E-state index in [-0.39, 0.29) is 0 Å². The van der Waals surface area contributed by atoms with E-state index in [1.54, 1.807) is 12.5 Å². The first kappa shape index (κ1) is 11.3. The van der Waals surface area contributed by atoms with Gasteiger partial charge in [0.2, 0.25) is 0 Å². The summed E-state index contributed by atoms with van der Waals surface area (Å²) >= 11 is 7.50. The zero-order valence-corrected chi connectivity index (χ0v) is 10.2. The lowest BCUT2D eigenvalue weighted by molar-refractivity contribution is 0.454. The Labute approximate surface area is 102 Å². The molecule has 6 heteroatoms. The highest BCUT2D eigenvalue weighted by atomic mass is 35.5. The van der Waals surface area contributed by atoms with Gasteiger partial charge in [-0.3, -0.25) is 0 Å². The van der Waals surface area contributed by atoms with Gasteiger partial charge in [-0.1, -0.05) is 23.4 Å². The first-order chi connectivity index (χ1) is 7.79. The maximum absolute atomic E-state index is 6.04. The van der Waals surface area contributed by atoms with Crippen LogP contribution in [0.1, 0.15) is 5.69 Å². The van der Waals surface area contributed by atoms with Gasteiger partial charge in [-0.25, -0.2) is 9.97 Å². The van der Waals surface area contributed by atoms with Crippen molar-refractivity contribution in [2.45, 2.75) is 11.0 Å². The van der Waals surface area contributed by atoms with E-state index < -0.39 is 0 Å². The van der Waals surface area contributed by atoms with Crippen LogP contribution in [0.5, 0.6) is 0 Å². The molecule has 2 aromatic rings. The molecule has 2 rings (SSSR count). The molecule has 0 aromatic carbocycles. The summed E-state index contributed by atoms with van der Waals surface area (Å²) in [6.45, 7) is 0. The molecule has 0 spiro atoms. The highest BCUT2D eigenvalue weighted by molar-refractivity contribution is 7.98. The lowest BCUT2D eigenvalue weighted by Gasteiger charge is -2.04. The molecule has 0 aliphatic heterocycles. The lowest BCUT2D eigenvalue weighted by Crippen LogP contribution is -1.96. The van der Waals surface area contributed by atoms with Crippen LogP contribution in [0.15, 0.2) is 34.2 Å². The van der Waals surface area contributed by atoms with Gasteiger partial charge in [-0.2, -0.15) is 0 Å². The molecule has 0 bridgehead atoms. The van der Waals surface area contributed by atoms with Crippen LogP contribution in [0.2, 0.25) is 5.02 Å². The van der Waals surface area contributed by atoms with Gasteiger partial charge in [0, 0.05) is 12.8 Å². The van der Waals surface area contributed by atoms with E-state index >= 15 is 0 Å². The molecule has 2 aromatic heterocycles. The summed E-state index contributed by atoms with van der Waals surface area (Å²) < 4.78 is 5.12. The Morgan fingerprint density at radius 2 is 2.38 bits per heavy atom. The van der Waals surface area contributed by atoms with Crippen molar-refractivity contribution in [3.63, 3.8) is 0 Å². The number of aromatic nitrogens is 2. The number of nitrogens with one attached hydrogen (secondary N) is 1. The fourth-order valence-electron chi connectivity index (χ4n) is 1.14. The Bertz CT molecular complexity index is 461. The van der Waals surface area contributed by atoms with Gasteiger partial charge in [-0.15, -0.1) is 0 Å². The van der Waals surface area contributed by atoms with E-state index in [1.165, 1.54) is 11.8 Å². The summed E-state index contributed by atoms with van der Waals surface area (Å²) in [5.41, 5.74) is 0.816. The van der Waals surface area contributed by atoms with Crippen LogP contribution in [0, 0.1) is 0 Å². The van der Waals surface area contributed by atoms with E-state index in [0.717, 1.165) is 11.5 Å². The van der Waals surface area contributed by atoms with Crippen molar-refractivity contribution < 1.29 is 4.42 Å². The summed E-state index contributed by atoms with van der Waals surface area (Å²) in [7, 11) is 1.82. The lowest BCUT2D eigenvalue weighted by atomic mass is 10.3. The average Bonchev–Trinajstić information content (AvgIpc) is 2.81. The van der Waals surface area contributed by atoms with Crippen LogP contribution < -0.4 is 5.32 Å². The van der Waals surface area contributed by atoms with Crippen molar-refractivity contribution in [3.05, 3.63) is 35.3 Å². The molecular weight excluding hydrogens is 246 g/mol. The van der Waals surface area contributed by atoms with Gasteiger partial charge in [0.05, 0.1) is 16.9 Å². The normalized spacial score (nSPS) is 10.4. The second-order valence-electron chi connectivity index (χ2n) is 2.96. The minimum Gasteiger partial charge on any atom is -0.440 e. The standard InChI is InChI=1S/C10H10ClN3OS/c1-12-9-3-2-7(11)8(14-9)6-16-10-13-4-5-15-10/h2-5H,6H2,1H3,(H,12,14). The van der Waals surface area contributed by atoms with E-state index in [2.05, 4.69) is 15.3 Å². The van der Waals surface area contributed by atoms with E-state index in [1.807, 2.05) is 19.2 Å². The molecule has 16 heavy (non-hydrogen) atoms. The summed E-state index contributed by atoms with van der Waals surface area (Å²) in [5.74, 6) is 1.43. The molecular formula is C10H10ClN3OS. The van der Waals surface area contributed by atoms with Crippen LogP contribution in [0.3, 0.4) is 0 Å². The summed E-state index contributed by atoms with van der Waals surface area (Å²) in [4.78, 5) is 8.37. The Kier molecular flexibility index (Phi) is 3.69. The van der Waals surface area contributed by atoms with Crippen molar-refractivity contribution >= 4 is 29.2 Å². The predicted octanol–water partition coefficient (Wildman–Crippen LogP) is 3.06. The average molecular weight is 256 g/mol. The molecule has 0 fully saturated rings. The van der Waals surface area contributed by atoms with Gasteiger partial charge in [0.15, 0.2) is 0 Å². The van der Waals surface area contributed by atoms with Crippen molar-refractivity contribution in [1.29, 1.82) is 0 Å². The largest absolute Gasteiger partial charge is 0.440 e. The molecule has 0 radical (unpaired) electrons. The molecule has 2 heterocycles. The molecule has 0 atom stereocenters. The van der Waals surface area contributed by atoms with Crippen molar-refractivity contribution in [2.24, 2.45) is 0 Å². The number of hydrogen-bond acceptors (Lipinski definition) is 5. The second-order valence-corrected chi connectivity index (χ2v) is 4.30. The fourth-order valence-corrected chi connectivity index (χ4v) is 2.13. The molecule has 0 unspecified atom stereocenters. The predicted molar refractivity (Wildman–Crippen MR) is 64.9 cm³/mol. The number of halogens is 1. The smallest absolute Gasteiger partial charge is 0.255 e. The van der Waals surface area contributed by atoms with Crippen molar-refractivity contribution in [3.8, 4) is 0 Å². The first-order valence-corrected chi connectivity index (χ1v) is 6.01. The number of anilines is 1. The Hall–Kier alpha value is -1.20. The molecule has 4 nitrogen and oxygen atoms in total. The zero-order valence-electron chi connectivity index (χ0n) is 8.61. The number of oxazole rings is 1. The van der Waals surface area contributed by atoms with Crippen molar-refractivity contribution in [1.82, 2.24) is 9.97 Å². The Morgan fingerprint density at radius 3 is 3.06 bits per heavy atom. The quantitative estimate of drug-likeness (QED) is 0.851. The Balaban J connectivity index is 2.08. The van der Waals surface area contributed by atoms with Crippen LogP contribution in [-0.2, 0) is 5.75 Å². The van der Waals surface area contributed by atoms with Gasteiger partial charge < -0.3 is 9.73 Å². The van der Waals surface area contributed by atoms with Crippen LogP contribution in [0.4, 0.5) is 5.82 Å². The van der Waals surface area contributed by atoms with E-state index in [9.17, 15) is 0 Å². The van der Waals surface area contributed by atoms with Crippen molar-refractivity contribution in [2.75, 3.05) is 12.4 Å². The SMILES string of the molecule is CNc1ccc(Cl)c(CSc2ncco2)n1. The molecule has 0 saturated heterocycles. The maximum atomic E-state index is 6.04. The number of hydrogen-bond donors (Lipinski definition) is 1. The summed E-state index contributed by atoms with van der Waals surface area (Å²) in [6.07, 6.45) is 3.16. The first-order valence-electron chi connectivity index (χ1n) is 4.65. The van der Waals surface area contributed by atoms with Gasteiger partial charge in [-0.05, 0) is 12.1 Å². The third-order valence-corrected chi connectivity index (χ3v) is 3.13. The van der Waals surface area contributed by atoms with E-state index in [0.29, 0.717) is 16.0 Å². The zero-order chi connectivity index (χ0) is 11.4. The summed E-state index contributed by atoms with van der Waals surface area (Å²) in [5, 5.41) is 4.24.